The first-order chi connectivity index (χ1) is 15.2. The van der Waals surface area contributed by atoms with Crippen LogP contribution in [-0.2, 0) is 17.3 Å². The number of hydrogen-bond donors (Lipinski definition) is 3. The zero-order valence-electron chi connectivity index (χ0n) is 18.6. The van der Waals surface area contributed by atoms with Gasteiger partial charge in [-0.3, -0.25) is 4.79 Å². The normalized spacial score (nSPS) is 25.5. The molecule has 1 aromatic heterocycles. The fraction of sp³-hybridized carbons (Fsp3) is 0.524. The second-order valence-corrected chi connectivity index (χ2v) is 12.3. The van der Waals surface area contributed by atoms with E-state index in [1.807, 2.05) is 20.8 Å². The summed E-state index contributed by atoms with van der Waals surface area (Å²) in [7, 11) is -2.43. The molecule has 33 heavy (non-hydrogen) atoms. The van der Waals surface area contributed by atoms with Gasteiger partial charge in [-0.15, -0.1) is 0 Å². The number of nitrogens with one attached hydrogen (secondary N) is 2. The van der Waals surface area contributed by atoms with Crippen LogP contribution in [0, 0.1) is 10.8 Å². The number of carbonyl (C=O) groups excluding carboxylic acids is 1. The molecule has 2 aliphatic rings. The van der Waals surface area contributed by atoms with Crippen LogP contribution in [0.15, 0.2) is 18.2 Å². The molecule has 1 saturated carbocycles. The topological polar surface area (TPSA) is 121 Å². The lowest BCUT2D eigenvalue weighted by atomic mass is 9.50. The number of rotatable bonds is 4. The van der Waals surface area contributed by atoms with Crippen LogP contribution in [0.5, 0.6) is 0 Å². The smallest absolute Gasteiger partial charge is 0.419 e. The molecule has 180 valence electrons. The largest absolute Gasteiger partial charge is 0.464 e. The maximum atomic E-state index is 13.2. The Morgan fingerprint density at radius 1 is 1.24 bits per heavy atom. The minimum Gasteiger partial charge on any atom is -0.464 e. The van der Waals surface area contributed by atoms with Gasteiger partial charge in [0.15, 0.2) is 0 Å². The van der Waals surface area contributed by atoms with E-state index < -0.39 is 33.2 Å². The van der Waals surface area contributed by atoms with Crippen molar-refractivity contribution < 1.29 is 23.1 Å². The summed E-state index contributed by atoms with van der Waals surface area (Å²) in [5.74, 6) is -0.289. The molecule has 1 aliphatic carbocycles. The quantitative estimate of drug-likeness (QED) is 0.573. The first kappa shape index (κ1) is 24.1. The lowest BCUT2D eigenvalue weighted by Crippen LogP contribution is -2.80. The molecule has 1 saturated heterocycles. The minimum atomic E-state index is -4.20. The summed E-state index contributed by atoms with van der Waals surface area (Å²) in [5, 5.41) is 13.5. The molecule has 3 atom stereocenters. The van der Waals surface area contributed by atoms with E-state index in [0.717, 1.165) is 11.9 Å². The molecule has 2 amide bonds. The Morgan fingerprint density at radius 3 is 2.45 bits per heavy atom. The Labute approximate surface area is 202 Å². The molecule has 1 aromatic carbocycles. The Kier molecular flexibility index (Phi) is 5.67. The summed E-state index contributed by atoms with van der Waals surface area (Å²) in [4.78, 5) is 24.2. The summed E-state index contributed by atoms with van der Waals surface area (Å²) in [6.45, 7) is 5.87. The average Bonchev–Trinajstić information content (AvgIpc) is 2.95. The van der Waals surface area contributed by atoms with E-state index in [1.54, 1.807) is 34.5 Å². The average molecular weight is 517 g/mol. The maximum Gasteiger partial charge on any atom is 0.419 e. The highest BCUT2D eigenvalue weighted by atomic mass is 35.5. The van der Waals surface area contributed by atoms with Crippen LogP contribution in [0.25, 0.3) is 10.9 Å². The minimum absolute atomic E-state index is 0.138. The Morgan fingerprint density at radius 2 is 1.91 bits per heavy atom. The van der Waals surface area contributed by atoms with Gasteiger partial charge < -0.3 is 15.0 Å². The van der Waals surface area contributed by atoms with Gasteiger partial charge in [-0.1, -0.05) is 44.0 Å². The lowest BCUT2D eigenvalue weighted by Gasteiger charge is -2.68. The van der Waals surface area contributed by atoms with Gasteiger partial charge in [0.05, 0.1) is 10.0 Å². The van der Waals surface area contributed by atoms with E-state index in [2.05, 4.69) is 5.32 Å². The van der Waals surface area contributed by atoms with Crippen LogP contribution in [0.4, 0.5) is 4.79 Å². The van der Waals surface area contributed by atoms with Crippen molar-refractivity contribution in [2.24, 2.45) is 17.9 Å². The predicted molar refractivity (Wildman–Crippen MR) is 126 cm³/mol. The van der Waals surface area contributed by atoms with Gasteiger partial charge in [-0.2, -0.15) is 12.7 Å². The number of fused-ring (bicyclic) bond motifs is 1. The van der Waals surface area contributed by atoms with E-state index in [4.69, 9.17) is 28.3 Å². The molecule has 0 radical (unpaired) electrons. The number of aromatic nitrogens is 1. The van der Waals surface area contributed by atoms with Gasteiger partial charge in [0.1, 0.15) is 5.69 Å². The van der Waals surface area contributed by atoms with Crippen LogP contribution >= 0.6 is 23.2 Å². The van der Waals surface area contributed by atoms with Crippen molar-refractivity contribution in [3.63, 3.8) is 0 Å². The molecular formula is C21H26Cl2N4O5S. The number of nitrogens with zero attached hydrogens (tertiary/aromatic N) is 2. The van der Waals surface area contributed by atoms with Gasteiger partial charge in [-0.05, 0) is 36.5 Å². The Hall–Kier alpha value is -2.01. The highest BCUT2D eigenvalue weighted by Crippen LogP contribution is 2.59. The van der Waals surface area contributed by atoms with Crippen LogP contribution in [0.3, 0.4) is 0 Å². The van der Waals surface area contributed by atoms with Crippen molar-refractivity contribution in [1.29, 1.82) is 0 Å². The van der Waals surface area contributed by atoms with Crippen LogP contribution in [-0.4, -0.2) is 53.0 Å². The summed E-state index contributed by atoms with van der Waals surface area (Å²) in [6, 6.07) is 4.45. The summed E-state index contributed by atoms with van der Waals surface area (Å²) in [5.41, 5.74) is 0.247. The molecular weight excluding hydrogens is 491 g/mol. The van der Waals surface area contributed by atoms with Gasteiger partial charge >= 0.3 is 16.3 Å². The highest BCUT2D eigenvalue weighted by Gasteiger charge is 2.68. The number of halogens is 2. The molecule has 12 heteroatoms. The lowest BCUT2D eigenvalue weighted by molar-refractivity contribution is -0.144. The first-order valence-electron chi connectivity index (χ1n) is 10.5. The molecule has 3 N–H and O–H groups in total. The first-order valence-corrected chi connectivity index (χ1v) is 12.7. The van der Waals surface area contributed by atoms with Gasteiger partial charge in [0, 0.05) is 42.0 Å². The van der Waals surface area contributed by atoms with Gasteiger partial charge in [0.25, 0.3) is 5.91 Å². The summed E-state index contributed by atoms with van der Waals surface area (Å²) < 4.78 is 29.7. The number of benzene rings is 1. The van der Waals surface area contributed by atoms with E-state index >= 15 is 0 Å². The Bertz CT molecular complexity index is 1270. The number of carboxylic acid groups (broad SMARTS) is 1. The SMILES string of the molecule is Cn1c(C(=O)NC2CCC23CN(S(=O)(=O)NC(=O)O)C3C(C)(C)C)cc2c(Cl)c(Cl)ccc21. The molecule has 2 aromatic rings. The number of amides is 2. The van der Waals surface area contributed by atoms with E-state index in [9.17, 15) is 18.0 Å². The second-order valence-electron chi connectivity index (χ2n) is 9.91. The second kappa shape index (κ2) is 7.76. The van der Waals surface area contributed by atoms with Gasteiger partial charge in [0.2, 0.25) is 0 Å². The standard InChI is InChI=1S/C21H26Cl2N4O5S/c1-20(2,3)18-21(10-27(18)33(31,32)25-19(29)30)8-7-15(21)24-17(28)14-9-11-13(26(14)4)6-5-12(22)16(11)23/h5-6,9,15,18,25H,7-8,10H2,1-4H3,(H,24,28)(H,29,30). The molecule has 1 aliphatic heterocycles. The van der Waals surface area contributed by atoms with E-state index in [-0.39, 0.29) is 18.5 Å². The molecule has 3 unspecified atom stereocenters. The summed E-state index contributed by atoms with van der Waals surface area (Å²) >= 11 is 12.4. The molecule has 2 fully saturated rings. The monoisotopic (exact) mass is 516 g/mol. The fourth-order valence-corrected chi connectivity index (χ4v) is 7.45. The molecule has 9 nitrogen and oxygen atoms in total. The molecule has 4 rings (SSSR count). The van der Waals surface area contributed by atoms with Crippen LogP contribution < -0.4 is 10.0 Å². The fourth-order valence-electron chi connectivity index (χ4n) is 5.52. The molecule has 2 heterocycles. The van der Waals surface area contributed by atoms with Crippen molar-refractivity contribution in [2.75, 3.05) is 6.54 Å². The van der Waals surface area contributed by atoms with Gasteiger partial charge in [-0.25, -0.2) is 9.52 Å². The van der Waals surface area contributed by atoms with E-state index in [0.29, 0.717) is 27.5 Å². The predicted octanol–water partition coefficient (Wildman–Crippen LogP) is 3.61. The van der Waals surface area contributed by atoms with Crippen molar-refractivity contribution >= 4 is 56.3 Å². The van der Waals surface area contributed by atoms with Crippen molar-refractivity contribution in [3.8, 4) is 0 Å². The number of aryl methyl sites for hydroxylation is 1. The zero-order valence-corrected chi connectivity index (χ0v) is 21.0. The highest BCUT2D eigenvalue weighted by molar-refractivity contribution is 7.87. The van der Waals surface area contributed by atoms with Crippen molar-refractivity contribution in [1.82, 2.24) is 18.9 Å². The number of carbonyl (C=O) groups is 2. The summed E-state index contributed by atoms with van der Waals surface area (Å²) in [6.07, 6.45) is -0.193. The third-order valence-corrected chi connectivity index (χ3v) is 9.08. The van der Waals surface area contributed by atoms with Crippen molar-refractivity contribution in [3.05, 3.63) is 33.9 Å². The molecule has 1 spiro atoms. The van der Waals surface area contributed by atoms with Crippen LogP contribution in [0.1, 0.15) is 44.1 Å². The molecule has 0 bridgehead atoms. The van der Waals surface area contributed by atoms with Crippen LogP contribution in [0.2, 0.25) is 10.0 Å². The third kappa shape index (κ3) is 3.77. The van der Waals surface area contributed by atoms with Crippen molar-refractivity contribution in [2.45, 2.75) is 45.7 Å². The number of hydrogen-bond acceptors (Lipinski definition) is 4. The van der Waals surface area contributed by atoms with E-state index in [1.165, 1.54) is 4.31 Å². The maximum absolute atomic E-state index is 13.2. The third-order valence-electron chi connectivity index (χ3n) is 6.87. The Balaban J connectivity index is 1.60. The zero-order chi connectivity index (χ0) is 24.5.